The summed E-state index contributed by atoms with van der Waals surface area (Å²) in [5, 5.41) is 20.9. The largest absolute Gasteiger partial charge is 0.388 e. The fraction of sp³-hybridized carbons (Fsp3) is 0.824. The lowest BCUT2D eigenvalue weighted by Crippen LogP contribution is -2.48. The molecule has 2 aliphatic carbocycles. The Morgan fingerprint density at radius 3 is 2.71 bits per heavy atom. The lowest BCUT2D eigenvalue weighted by molar-refractivity contribution is -0.131. The first-order valence-corrected chi connectivity index (χ1v) is 8.90. The minimum Gasteiger partial charge on any atom is -0.388 e. The molecule has 134 valence electrons. The smallest absolute Gasteiger partial charge is 0.226 e. The van der Waals surface area contributed by atoms with Crippen molar-refractivity contribution in [2.75, 3.05) is 13.7 Å². The van der Waals surface area contributed by atoms with Crippen LogP contribution in [0.25, 0.3) is 0 Å². The third-order valence-corrected chi connectivity index (χ3v) is 5.61. The summed E-state index contributed by atoms with van der Waals surface area (Å²) in [4.78, 5) is 12.5. The van der Waals surface area contributed by atoms with Crippen LogP contribution in [0.3, 0.4) is 0 Å². The monoisotopic (exact) mass is 336 g/mol. The van der Waals surface area contributed by atoms with Crippen LogP contribution in [0, 0.1) is 5.41 Å². The Balaban J connectivity index is 1.56. The molecule has 0 aliphatic heterocycles. The van der Waals surface area contributed by atoms with Gasteiger partial charge < -0.3 is 19.7 Å². The Morgan fingerprint density at radius 2 is 2.08 bits per heavy atom. The summed E-state index contributed by atoms with van der Waals surface area (Å²) in [6.45, 7) is 3.16. The van der Waals surface area contributed by atoms with Crippen LogP contribution in [0.5, 0.6) is 0 Å². The second kappa shape index (κ2) is 7.19. The number of aliphatic hydroxyl groups excluding tert-OH is 1. The van der Waals surface area contributed by atoms with Crippen LogP contribution in [-0.2, 0) is 22.7 Å². The van der Waals surface area contributed by atoms with Gasteiger partial charge in [0.1, 0.15) is 12.4 Å². The van der Waals surface area contributed by atoms with Crippen LogP contribution in [0.15, 0.2) is 0 Å². The van der Waals surface area contributed by atoms with Crippen molar-refractivity contribution in [3.05, 3.63) is 11.6 Å². The topological polar surface area (TPSA) is 89.3 Å². The molecule has 0 bridgehead atoms. The van der Waals surface area contributed by atoms with E-state index >= 15 is 0 Å². The molecular weight excluding hydrogens is 308 g/mol. The number of nitrogens with one attached hydrogen (secondary N) is 1. The second-order valence-electron chi connectivity index (χ2n) is 7.38. The molecule has 0 atom stereocenters. The van der Waals surface area contributed by atoms with E-state index in [1.54, 1.807) is 7.11 Å². The summed E-state index contributed by atoms with van der Waals surface area (Å²) in [6, 6.07) is 0.227. The van der Waals surface area contributed by atoms with E-state index in [-0.39, 0.29) is 29.9 Å². The number of nitrogens with zero attached hydrogens (tertiary/aromatic N) is 3. The number of carbonyl (C=O) groups excluding carboxylic acids is 1. The number of rotatable bonds is 7. The number of hydrogen-bond acceptors (Lipinski definition) is 5. The number of carbonyl (C=O) groups is 1. The van der Waals surface area contributed by atoms with Crippen molar-refractivity contribution in [1.29, 1.82) is 0 Å². The van der Waals surface area contributed by atoms with Crippen molar-refractivity contribution in [2.45, 2.75) is 70.6 Å². The molecule has 0 saturated heterocycles. The molecule has 0 radical (unpaired) electrons. The number of hydrogen-bond donors (Lipinski definition) is 2. The highest BCUT2D eigenvalue weighted by atomic mass is 16.5. The average molecular weight is 336 g/mol. The Bertz CT molecular complexity index is 574. The van der Waals surface area contributed by atoms with Gasteiger partial charge in [0.05, 0.1) is 6.61 Å². The van der Waals surface area contributed by atoms with Gasteiger partial charge in [-0.1, -0.05) is 19.8 Å². The lowest BCUT2D eigenvalue weighted by atomic mass is 9.78. The van der Waals surface area contributed by atoms with E-state index in [0.29, 0.717) is 19.0 Å². The SMILES string of the molecule is COCCn1c(CO)nnc1C1CC(NC(=O)C2(C)CCCC2)C1. The zero-order valence-electron chi connectivity index (χ0n) is 14.6. The van der Waals surface area contributed by atoms with Crippen molar-refractivity contribution in [2.24, 2.45) is 5.41 Å². The predicted octanol–water partition coefficient (Wildman–Crippen LogP) is 1.36. The molecule has 1 heterocycles. The van der Waals surface area contributed by atoms with Gasteiger partial charge in [0, 0.05) is 31.0 Å². The summed E-state index contributed by atoms with van der Waals surface area (Å²) in [5.74, 6) is 1.97. The highest BCUT2D eigenvalue weighted by Gasteiger charge is 2.40. The number of aliphatic hydroxyl groups is 1. The number of amides is 1. The maximum atomic E-state index is 12.5. The fourth-order valence-corrected chi connectivity index (χ4v) is 3.88. The van der Waals surface area contributed by atoms with Gasteiger partial charge in [-0.05, 0) is 25.7 Å². The first-order chi connectivity index (χ1) is 11.6. The van der Waals surface area contributed by atoms with E-state index in [0.717, 1.165) is 44.3 Å². The molecule has 2 fully saturated rings. The predicted molar refractivity (Wildman–Crippen MR) is 88.3 cm³/mol. The minimum absolute atomic E-state index is 0.123. The lowest BCUT2D eigenvalue weighted by Gasteiger charge is -2.37. The van der Waals surface area contributed by atoms with E-state index in [9.17, 15) is 9.90 Å². The van der Waals surface area contributed by atoms with Crippen LogP contribution in [0.2, 0.25) is 0 Å². The van der Waals surface area contributed by atoms with Crippen molar-refractivity contribution in [3.63, 3.8) is 0 Å². The molecule has 1 aromatic heterocycles. The average Bonchev–Trinajstić information content (AvgIpc) is 3.15. The van der Waals surface area contributed by atoms with Gasteiger partial charge in [0.2, 0.25) is 5.91 Å². The molecule has 7 heteroatoms. The zero-order valence-corrected chi connectivity index (χ0v) is 14.6. The minimum atomic E-state index is -0.173. The zero-order chi connectivity index (χ0) is 17.2. The maximum absolute atomic E-state index is 12.5. The van der Waals surface area contributed by atoms with Crippen LogP contribution in [0.1, 0.15) is 63.0 Å². The van der Waals surface area contributed by atoms with Gasteiger partial charge in [0.25, 0.3) is 0 Å². The summed E-state index contributed by atoms with van der Waals surface area (Å²) in [5.41, 5.74) is -0.173. The molecular formula is C17H28N4O3. The normalized spacial score (nSPS) is 25.5. The molecule has 2 N–H and O–H groups in total. The molecule has 0 aromatic carbocycles. The Labute approximate surface area is 142 Å². The molecule has 1 amide bonds. The van der Waals surface area contributed by atoms with Crippen LogP contribution < -0.4 is 5.32 Å². The summed E-state index contributed by atoms with van der Waals surface area (Å²) < 4.78 is 7.08. The maximum Gasteiger partial charge on any atom is 0.226 e. The van der Waals surface area contributed by atoms with Crippen molar-refractivity contribution in [3.8, 4) is 0 Å². The number of aromatic nitrogens is 3. The quantitative estimate of drug-likeness (QED) is 0.785. The van der Waals surface area contributed by atoms with Crippen molar-refractivity contribution in [1.82, 2.24) is 20.1 Å². The van der Waals surface area contributed by atoms with Gasteiger partial charge in [-0.15, -0.1) is 10.2 Å². The summed E-state index contributed by atoms with van der Waals surface area (Å²) >= 11 is 0. The molecule has 1 aromatic rings. The third kappa shape index (κ3) is 3.32. The number of ether oxygens (including phenoxy) is 1. The standard InChI is InChI=1S/C17H28N4O3/c1-17(5-3-4-6-17)16(23)18-13-9-12(10-13)15-20-19-14(11-22)21(15)7-8-24-2/h12-13,22H,3-11H2,1-2H3,(H,18,23). The summed E-state index contributed by atoms with van der Waals surface area (Å²) in [6.07, 6.45) is 6.09. The summed E-state index contributed by atoms with van der Waals surface area (Å²) in [7, 11) is 1.65. The molecule has 2 saturated carbocycles. The fourth-order valence-electron chi connectivity index (χ4n) is 3.88. The molecule has 7 nitrogen and oxygen atoms in total. The highest BCUT2D eigenvalue weighted by molar-refractivity contribution is 5.82. The third-order valence-electron chi connectivity index (χ3n) is 5.61. The van der Waals surface area contributed by atoms with Gasteiger partial charge in [-0.3, -0.25) is 4.79 Å². The van der Waals surface area contributed by atoms with E-state index in [4.69, 9.17) is 4.74 Å². The Morgan fingerprint density at radius 1 is 1.38 bits per heavy atom. The first-order valence-electron chi connectivity index (χ1n) is 8.90. The van der Waals surface area contributed by atoms with E-state index < -0.39 is 0 Å². The molecule has 2 aliphatic rings. The molecule has 3 rings (SSSR count). The van der Waals surface area contributed by atoms with Gasteiger partial charge in [0.15, 0.2) is 5.82 Å². The van der Waals surface area contributed by atoms with Crippen molar-refractivity contribution < 1.29 is 14.6 Å². The van der Waals surface area contributed by atoms with Crippen molar-refractivity contribution >= 4 is 5.91 Å². The highest BCUT2D eigenvalue weighted by Crippen LogP contribution is 2.40. The van der Waals surface area contributed by atoms with Gasteiger partial charge >= 0.3 is 0 Å². The second-order valence-corrected chi connectivity index (χ2v) is 7.38. The van der Waals surface area contributed by atoms with Crippen LogP contribution in [0.4, 0.5) is 0 Å². The van der Waals surface area contributed by atoms with Crippen LogP contribution >= 0.6 is 0 Å². The number of methoxy groups -OCH3 is 1. The first kappa shape index (κ1) is 17.4. The Kier molecular flexibility index (Phi) is 5.20. The van der Waals surface area contributed by atoms with Gasteiger partial charge in [-0.25, -0.2) is 0 Å². The van der Waals surface area contributed by atoms with E-state index in [2.05, 4.69) is 22.4 Å². The molecule has 24 heavy (non-hydrogen) atoms. The Hall–Kier alpha value is -1.47. The van der Waals surface area contributed by atoms with Crippen LogP contribution in [-0.4, -0.2) is 45.5 Å². The molecule has 0 spiro atoms. The van der Waals surface area contributed by atoms with E-state index in [1.165, 1.54) is 0 Å². The molecule has 0 unspecified atom stereocenters. The van der Waals surface area contributed by atoms with E-state index in [1.807, 2.05) is 4.57 Å². The van der Waals surface area contributed by atoms with Gasteiger partial charge in [-0.2, -0.15) is 0 Å².